The molecule has 0 saturated heterocycles. The minimum Gasteiger partial charge on any atom is -0.376 e. The number of hydrogen-bond donors (Lipinski definition) is 4. The van der Waals surface area contributed by atoms with Gasteiger partial charge in [-0.05, 0) is 42.8 Å². The number of carbonyl (C=O) groups is 3. The molecule has 4 N–H and O–H groups in total. The Morgan fingerprint density at radius 3 is 1.83 bits per heavy atom. The van der Waals surface area contributed by atoms with Crippen LogP contribution in [-0.4, -0.2) is 24.3 Å². The number of amides is 3. The van der Waals surface area contributed by atoms with Crippen LogP contribution in [0.15, 0.2) is 48.5 Å². The third-order valence-electron chi connectivity index (χ3n) is 4.16. The standard InChI is InChI=1S/C23H30N4O3/c1-5-8-20(28)25-17-10-6-9-16(13-17)24-15-21(29)26-18-11-7-12-19(14-18)27-22(30)23(2,3)4/h6-7,9-14,24H,5,8,15H2,1-4H3,(H,25,28)(H,26,29)(H,27,30). The molecule has 0 aliphatic heterocycles. The zero-order valence-electron chi connectivity index (χ0n) is 18.0. The van der Waals surface area contributed by atoms with Crippen LogP contribution in [0.25, 0.3) is 0 Å². The quantitative estimate of drug-likeness (QED) is 0.516. The molecule has 0 radical (unpaired) electrons. The van der Waals surface area contributed by atoms with E-state index in [1.165, 1.54) is 0 Å². The van der Waals surface area contributed by atoms with Crippen molar-refractivity contribution in [3.05, 3.63) is 48.5 Å². The van der Waals surface area contributed by atoms with Crippen molar-refractivity contribution >= 4 is 40.5 Å². The van der Waals surface area contributed by atoms with Crippen molar-refractivity contribution in [2.75, 3.05) is 27.8 Å². The second-order valence-corrected chi connectivity index (χ2v) is 8.07. The Morgan fingerprint density at radius 1 is 0.767 bits per heavy atom. The van der Waals surface area contributed by atoms with Crippen molar-refractivity contribution in [2.45, 2.75) is 40.5 Å². The van der Waals surface area contributed by atoms with Gasteiger partial charge in [0, 0.05) is 34.6 Å². The normalized spacial score (nSPS) is 10.8. The van der Waals surface area contributed by atoms with Crippen LogP contribution in [-0.2, 0) is 14.4 Å². The molecule has 7 nitrogen and oxygen atoms in total. The fourth-order valence-corrected chi connectivity index (χ4v) is 2.54. The maximum Gasteiger partial charge on any atom is 0.243 e. The van der Waals surface area contributed by atoms with Gasteiger partial charge in [-0.2, -0.15) is 0 Å². The van der Waals surface area contributed by atoms with Crippen LogP contribution in [0.5, 0.6) is 0 Å². The zero-order chi connectivity index (χ0) is 22.1. The third-order valence-corrected chi connectivity index (χ3v) is 4.16. The van der Waals surface area contributed by atoms with E-state index in [1.807, 2.05) is 39.8 Å². The highest BCUT2D eigenvalue weighted by Gasteiger charge is 2.21. The van der Waals surface area contributed by atoms with Crippen molar-refractivity contribution in [3.63, 3.8) is 0 Å². The second-order valence-electron chi connectivity index (χ2n) is 8.07. The van der Waals surface area contributed by atoms with Gasteiger partial charge in [0.1, 0.15) is 0 Å². The fraction of sp³-hybridized carbons (Fsp3) is 0.348. The molecule has 0 heterocycles. The van der Waals surface area contributed by atoms with Crippen LogP contribution in [0.4, 0.5) is 22.7 Å². The predicted molar refractivity (Wildman–Crippen MR) is 122 cm³/mol. The van der Waals surface area contributed by atoms with Gasteiger partial charge in [0.15, 0.2) is 0 Å². The summed E-state index contributed by atoms with van der Waals surface area (Å²) in [6.07, 6.45) is 1.25. The Labute approximate surface area is 177 Å². The molecule has 0 fully saturated rings. The lowest BCUT2D eigenvalue weighted by atomic mass is 9.95. The first-order chi connectivity index (χ1) is 14.2. The van der Waals surface area contributed by atoms with Gasteiger partial charge in [0.25, 0.3) is 0 Å². The molecular weight excluding hydrogens is 380 g/mol. The number of rotatable bonds is 8. The molecule has 0 aromatic heterocycles. The van der Waals surface area contributed by atoms with Crippen molar-refractivity contribution in [2.24, 2.45) is 5.41 Å². The van der Waals surface area contributed by atoms with E-state index in [4.69, 9.17) is 0 Å². The highest BCUT2D eigenvalue weighted by atomic mass is 16.2. The van der Waals surface area contributed by atoms with E-state index in [2.05, 4.69) is 21.3 Å². The molecule has 0 spiro atoms. The SMILES string of the molecule is CCCC(=O)Nc1cccc(NCC(=O)Nc2cccc(NC(=O)C(C)(C)C)c2)c1. The molecule has 160 valence electrons. The smallest absolute Gasteiger partial charge is 0.243 e. The predicted octanol–water partition coefficient (Wildman–Crippen LogP) is 4.46. The summed E-state index contributed by atoms with van der Waals surface area (Å²) < 4.78 is 0. The van der Waals surface area contributed by atoms with E-state index in [1.54, 1.807) is 36.4 Å². The highest BCUT2D eigenvalue weighted by molar-refractivity contribution is 5.97. The van der Waals surface area contributed by atoms with Crippen molar-refractivity contribution in [1.29, 1.82) is 0 Å². The third kappa shape index (κ3) is 7.58. The monoisotopic (exact) mass is 410 g/mol. The van der Waals surface area contributed by atoms with E-state index in [0.717, 1.165) is 12.1 Å². The molecular formula is C23H30N4O3. The van der Waals surface area contributed by atoms with Crippen molar-refractivity contribution in [1.82, 2.24) is 0 Å². The van der Waals surface area contributed by atoms with Gasteiger partial charge in [-0.15, -0.1) is 0 Å². The van der Waals surface area contributed by atoms with Gasteiger partial charge in [-0.1, -0.05) is 39.8 Å². The topological polar surface area (TPSA) is 99.3 Å². The number of hydrogen-bond acceptors (Lipinski definition) is 4. The maximum atomic E-state index is 12.3. The largest absolute Gasteiger partial charge is 0.376 e. The minimum atomic E-state index is -0.506. The first kappa shape index (κ1) is 22.9. The number of anilines is 4. The Morgan fingerprint density at radius 2 is 1.27 bits per heavy atom. The Kier molecular flexibility index (Phi) is 7.98. The van der Waals surface area contributed by atoms with Gasteiger partial charge in [0.05, 0.1) is 6.54 Å². The Hall–Kier alpha value is -3.35. The number of carbonyl (C=O) groups excluding carboxylic acids is 3. The molecule has 0 aliphatic rings. The molecule has 0 saturated carbocycles. The molecule has 7 heteroatoms. The highest BCUT2D eigenvalue weighted by Crippen LogP contribution is 2.20. The lowest BCUT2D eigenvalue weighted by Gasteiger charge is -2.18. The van der Waals surface area contributed by atoms with Crippen LogP contribution in [0.3, 0.4) is 0 Å². The summed E-state index contributed by atoms with van der Waals surface area (Å²) in [6, 6.07) is 14.2. The van der Waals surface area contributed by atoms with Crippen LogP contribution in [0.2, 0.25) is 0 Å². The second kappa shape index (κ2) is 10.4. The van der Waals surface area contributed by atoms with Gasteiger partial charge < -0.3 is 21.3 Å². The van der Waals surface area contributed by atoms with E-state index in [0.29, 0.717) is 23.5 Å². The first-order valence-corrected chi connectivity index (χ1v) is 10.0. The summed E-state index contributed by atoms with van der Waals surface area (Å²) in [7, 11) is 0. The van der Waals surface area contributed by atoms with E-state index < -0.39 is 5.41 Å². The van der Waals surface area contributed by atoms with E-state index in [9.17, 15) is 14.4 Å². The Bertz CT molecular complexity index is 903. The molecule has 0 bridgehead atoms. The van der Waals surface area contributed by atoms with Crippen LogP contribution in [0, 0.1) is 5.41 Å². The van der Waals surface area contributed by atoms with Crippen molar-refractivity contribution in [3.8, 4) is 0 Å². The lowest BCUT2D eigenvalue weighted by Crippen LogP contribution is -2.27. The van der Waals surface area contributed by atoms with Crippen LogP contribution in [0.1, 0.15) is 40.5 Å². The molecule has 0 unspecified atom stereocenters. The number of benzene rings is 2. The summed E-state index contributed by atoms with van der Waals surface area (Å²) in [4.78, 5) is 36.1. The van der Waals surface area contributed by atoms with Crippen molar-refractivity contribution < 1.29 is 14.4 Å². The van der Waals surface area contributed by atoms with Gasteiger partial charge in [-0.3, -0.25) is 14.4 Å². The molecule has 2 aromatic rings. The first-order valence-electron chi connectivity index (χ1n) is 10.0. The van der Waals surface area contributed by atoms with Gasteiger partial charge in [-0.25, -0.2) is 0 Å². The van der Waals surface area contributed by atoms with E-state index >= 15 is 0 Å². The maximum absolute atomic E-state index is 12.3. The van der Waals surface area contributed by atoms with Crippen LogP contribution >= 0.6 is 0 Å². The molecule has 3 amide bonds. The average molecular weight is 411 g/mol. The van der Waals surface area contributed by atoms with Crippen LogP contribution < -0.4 is 21.3 Å². The Balaban J connectivity index is 1.90. The molecule has 0 aliphatic carbocycles. The summed E-state index contributed by atoms with van der Waals surface area (Å²) >= 11 is 0. The molecule has 2 rings (SSSR count). The number of nitrogens with one attached hydrogen (secondary N) is 4. The molecule has 0 atom stereocenters. The molecule has 2 aromatic carbocycles. The van der Waals surface area contributed by atoms with Gasteiger partial charge >= 0.3 is 0 Å². The minimum absolute atomic E-state index is 0.0363. The molecule has 30 heavy (non-hydrogen) atoms. The summed E-state index contributed by atoms with van der Waals surface area (Å²) in [5.41, 5.74) is 2.12. The summed E-state index contributed by atoms with van der Waals surface area (Å²) in [6.45, 7) is 7.52. The fourth-order valence-electron chi connectivity index (χ4n) is 2.54. The van der Waals surface area contributed by atoms with E-state index in [-0.39, 0.29) is 24.3 Å². The summed E-state index contributed by atoms with van der Waals surface area (Å²) in [5.74, 6) is -0.362. The lowest BCUT2D eigenvalue weighted by molar-refractivity contribution is -0.123. The van der Waals surface area contributed by atoms with Gasteiger partial charge in [0.2, 0.25) is 17.7 Å². The zero-order valence-corrected chi connectivity index (χ0v) is 18.0. The average Bonchev–Trinajstić information content (AvgIpc) is 2.66. The summed E-state index contributed by atoms with van der Waals surface area (Å²) in [5, 5.41) is 11.5.